The Hall–Kier alpha value is -0.580. The predicted molar refractivity (Wildman–Crippen MR) is 77.2 cm³/mol. The van der Waals surface area contributed by atoms with E-state index in [1.807, 2.05) is 0 Å². The zero-order chi connectivity index (χ0) is 13.4. The predicted octanol–water partition coefficient (Wildman–Crippen LogP) is 3.65. The SMILES string of the molecule is COCCCCCNC(=O)c1ccc(Cl)cc1Br. The van der Waals surface area contributed by atoms with Gasteiger partial charge < -0.3 is 10.1 Å². The van der Waals surface area contributed by atoms with Gasteiger partial charge in [-0.2, -0.15) is 0 Å². The van der Waals surface area contributed by atoms with Crippen LogP contribution in [0.1, 0.15) is 29.6 Å². The highest BCUT2D eigenvalue weighted by atomic mass is 79.9. The van der Waals surface area contributed by atoms with Gasteiger partial charge in [0, 0.05) is 29.8 Å². The van der Waals surface area contributed by atoms with Gasteiger partial charge in [-0.1, -0.05) is 11.6 Å². The molecule has 0 saturated heterocycles. The minimum Gasteiger partial charge on any atom is -0.385 e. The molecule has 5 heteroatoms. The summed E-state index contributed by atoms with van der Waals surface area (Å²) in [4.78, 5) is 11.9. The van der Waals surface area contributed by atoms with Gasteiger partial charge in [-0.15, -0.1) is 0 Å². The first-order chi connectivity index (χ1) is 8.65. The summed E-state index contributed by atoms with van der Waals surface area (Å²) in [6.45, 7) is 1.45. The zero-order valence-corrected chi connectivity index (χ0v) is 12.7. The van der Waals surface area contributed by atoms with Gasteiger partial charge in [-0.05, 0) is 53.4 Å². The number of ether oxygens (including phenoxy) is 1. The van der Waals surface area contributed by atoms with Gasteiger partial charge in [0.1, 0.15) is 0 Å². The van der Waals surface area contributed by atoms with Crippen LogP contribution in [-0.2, 0) is 4.74 Å². The van der Waals surface area contributed by atoms with Crippen molar-refractivity contribution in [3.8, 4) is 0 Å². The van der Waals surface area contributed by atoms with E-state index in [2.05, 4.69) is 21.2 Å². The first-order valence-electron chi connectivity index (χ1n) is 5.87. The van der Waals surface area contributed by atoms with Crippen molar-refractivity contribution < 1.29 is 9.53 Å². The Balaban J connectivity index is 2.32. The van der Waals surface area contributed by atoms with E-state index < -0.39 is 0 Å². The van der Waals surface area contributed by atoms with E-state index in [-0.39, 0.29) is 5.91 Å². The molecule has 0 spiro atoms. The van der Waals surface area contributed by atoms with Crippen molar-refractivity contribution in [1.82, 2.24) is 5.32 Å². The molecule has 0 bridgehead atoms. The molecule has 1 aromatic rings. The van der Waals surface area contributed by atoms with Crippen LogP contribution in [0.25, 0.3) is 0 Å². The fourth-order valence-corrected chi connectivity index (χ4v) is 2.38. The minimum absolute atomic E-state index is 0.0784. The monoisotopic (exact) mass is 333 g/mol. The summed E-state index contributed by atoms with van der Waals surface area (Å²) in [5, 5.41) is 3.49. The fraction of sp³-hybridized carbons (Fsp3) is 0.462. The normalized spacial score (nSPS) is 10.4. The zero-order valence-electron chi connectivity index (χ0n) is 10.3. The number of methoxy groups -OCH3 is 1. The highest BCUT2D eigenvalue weighted by Gasteiger charge is 2.09. The van der Waals surface area contributed by atoms with Crippen molar-refractivity contribution in [1.29, 1.82) is 0 Å². The van der Waals surface area contributed by atoms with E-state index >= 15 is 0 Å². The van der Waals surface area contributed by atoms with Crippen LogP contribution in [0.3, 0.4) is 0 Å². The quantitative estimate of drug-likeness (QED) is 0.773. The van der Waals surface area contributed by atoms with Crippen molar-refractivity contribution >= 4 is 33.4 Å². The van der Waals surface area contributed by atoms with Crippen LogP contribution in [0.2, 0.25) is 5.02 Å². The molecule has 1 N–H and O–H groups in total. The van der Waals surface area contributed by atoms with E-state index in [0.717, 1.165) is 25.9 Å². The summed E-state index contributed by atoms with van der Waals surface area (Å²) in [5.41, 5.74) is 0.608. The molecule has 3 nitrogen and oxygen atoms in total. The number of benzene rings is 1. The molecular formula is C13H17BrClNO2. The van der Waals surface area contributed by atoms with Gasteiger partial charge in [0.2, 0.25) is 0 Å². The van der Waals surface area contributed by atoms with Gasteiger partial charge >= 0.3 is 0 Å². The lowest BCUT2D eigenvalue weighted by atomic mass is 10.2. The number of hydrogen-bond acceptors (Lipinski definition) is 2. The molecule has 100 valence electrons. The second-order valence-electron chi connectivity index (χ2n) is 3.93. The molecular weight excluding hydrogens is 318 g/mol. The van der Waals surface area contributed by atoms with Gasteiger partial charge in [0.25, 0.3) is 5.91 Å². The number of carbonyl (C=O) groups is 1. The lowest BCUT2D eigenvalue weighted by molar-refractivity contribution is 0.0952. The number of nitrogens with one attached hydrogen (secondary N) is 1. The molecule has 1 amide bonds. The summed E-state index contributed by atoms with van der Waals surface area (Å²) in [6, 6.07) is 5.14. The summed E-state index contributed by atoms with van der Waals surface area (Å²) in [7, 11) is 1.69. The fourth-order valence-electron chi connectivity index (χ4n) is 1.52. The first-order valence-corrected chi connectivity index (χ1v) is 7.04. The maximum absolute atomic E-state index is 11.9. The second kappa shape index (κ2) is 8.51. The van der Waals surface area contributed by atoms with Crippen LogP contribution >= 0.6 is 27.5 Å². The summed E-state index contributed by atoms with van der Waals surface area (Å²) < 4.78 is 5.67. The van der Waals surface area contributed by atoms with Gasteiger partial charge in [0.15, 0.2) is 0 Å². The lowest BCUT2D eigenvalue weighted by Crippen LogP contribution is -2.24. The largest absolute Gasteiger partial charge is 0.385 e. The Kier molecular flexibility index (Phi) is 7.32. The number of carbonyl (C=O) groups excluding carboxylic acids is 1. The molecule has 0 heterocycles. The molecule has 0 radical (unpaired) electrons. The molecule has 1 aromatic carbocycles. The minimum atomic E-state index is -0.0784. The summed E-state index contributed by atoms with van der Waals surface area (Å²) in [6.07, 6.45) is 3.03. The topological polar surface area (TPSA) is 38.3 Å². The number of amides is 1. The maximum Gasteiger partial charge on any atom is 0.252 e. The van der Waals surface area contributed by atoms with Crippen molar-refractivity contribution in [3.05, 3.63) is 33.3 Å². The summed E-state index contributed by atoms with van der Waals surface area (Å²) >= 11 is 9.15. The first kappa shape index (κ1) is 15.5. The Morgan fingerprint density at radius 2 is 2.17 bits per heavy atom. The molecule has 0 aromatic heterocycles. The third kappa shape index (κ3) is 5.38. The van der Waals surface area contributed by atoms with Crippen molar-refractivity contribution in [3.63, 3.8) is 0 Å². The Morgan fingerprint density at radius 3 is 2.83 bits per heavy atom. The third-order valence-electron chi connectivity index (χ3n) is 2.49. The van der Waals surface area contributed by atoms with Crippen molar-refractivity contribution in [2.75, 3.05) is 20.3 Å². The van der Waals surface area contributed by atoms with Crippen LogP contribution in [0.4, 0.5) is 0 Å². The van der Waals surface area contributed by atoms with Crippen LogP contribution in [0.15, 0.2) is 22.7 Å². The van der Waals surface area contributed by atoms with Crippen LogP contribution < -0.4 is 5.32 Å². The number of unbranched alkanes of at least 4 members (excludes halogenated alkanes) is 2. The molecule has 0 aliphatic rings. The standard InChI is InChI=1S/C13H17BrClNO2/c1-18-8-4-2-3-7-16-13(17)11-6-5-10(15)9-12(11)14/h5-6,9H,2-4,7-8H2,1H3,(H,16,17). The average Bonchev–Trinajstić information content (AvgIpc) is 2.33. The molecule has 0 fully saturated rings. The van der Waals surface area contributed by atoms with Crippen LogP contribution in [0, 0.1) is 0 Å². The van der Waals surface area contributed by atoms with Gasteiger partial charge in [0.05, 0.1) is 5.56 Å². The van der Waals surface area contributed by atoms with E-state index in [4.69, 9.17) is 16.3 Å². The Morgan fingerprint density at radius 1 is 1.39 bits per heavy atom. The van der Waals surface area contributed by atoms with Crippen LogP contribution in [-0.4, -0.2) is 26.2 Å². The molecule has 0 aliphatic carbocycles. The van der Waals surface area contributed by atoms with E-state index in [0.29, 0.717) is 21.6 Å². The average molecular weight is 335 g/mol. The third-order valence-corrected chi connectivity index (χ3v) is 3.38. The molecule has 0 saturated carbocycles. The van der Waals surface area contributed by atoms with Crippen molar-refractivity contribution in [2.45, 2.75) is 19.3 Å². The van der Waals surface area contributed by atoms with Gasteiger partial charge in [-0.3, -0.25) is 4.79 Å². The number of halogens is 2. The summed E-state index contributed by atoms with van der Waals surface area (Å²) in [5.74, 6) is -0.0784. The maximum atomic E-state index is 11.9. The second-order valence-corrected chi connectivity index (χ2v) is 5.22. The highest BCUT2D eigenvalue weighted by Crippen LogP contribution is 2.21. The molecule has 1 rings (SSSR count). The highest BCUT2D eigenvalue weighted by molar-refractivity contribution is 9.10. The number of rotatable bonds is 7. The molecule has 18 heavy (non-hydrogen) atoms. The van der Waals surface area contributed by atoms with E-state index in [1.165, 1.54) is 0 Å². The molecule has 0 atom stereocenters. The van der Waals surface area contributed by atoms with E-state index in [1.54, 1.807) is 25.3 Å². The number of hydrogen-bond donors (Lipinski definition) is 1. The van der Waals surface area contributed by atoms with Gasteiger partial charge in [-0.25, -0.2) is 0 Å². The molecule has 0 unspecified atom stereocenters. The molecule has 0 aliphatic heterocycles. The Bertz CT molecular complexity index is 399. The Labute approximate surface area is 121 Å². The van der Waals surface area contributed by atoms with E-state index in [9.17, 15) is 4.79 Å². The lowest BCUT2D eigenvalue weighted by Gasteiger charge is -2.07. The van der Waals surface area contributed by atoms with Crippen LogP contribution in [0.5, 0.6) is 0 Å². The van der Waals surface area contributed by atoms with Crippen molar-refractivity contribution in [2.24, 2.45) is 0 Å². The smallest absolute Gasteiger partial charge is 0.252 e.